The van der Waals surface area contributed by atoms with Crippen molar-refractivity contribution in [2.75, 3.05) is 0 Å². The quantitative estimate of drug-likeness (QED) is 0.922. The summed E-state index contributed by atoms with van der Waals surface area (Å²) >= 11 is 0. The lowest BCUT2D eigenvalue weighted by atomic mass is 10.1. The molecule has 0 spiro atoms. The molecule has 0 aliphatic heterocycles. The van der Waals surface area contributed by atoms with Gasteiger partial charge in [0.25, 0.3) is 5.91 Å². The Labute approximate surface area is 144 Å². The first kappa shape index (κ1) is 15.3. The molecule has 0 aromatic carbocycles. The van der Waals surface area contributed by atoms with Crippen molar-refractivity contribution >= 4 is 5.91 Å². The molecule has 2 atom stereocenters. The summed E-state index contributed by atoms with van der Waals surface area (Å²) in [6, 6.07) is 7.47. The molecule has 124 valence electrons. The number of amides is 1. The molecule has 7 heteroatoms. The van der Waals surface area contributed by atoms with E-state index >= 15 is 0 Å². The molecule has 1 fully saturated rings. The normalized spacial score (nSPS) is 20.2. The number of hydrogen-bond donors (Lipinski definition) is 1. The van der Waals surface area contributed by atoms with E-state index in [2.05, 4.69) is 27.5 Å². The lowest BCUT2D eigenvalue weighted by Crippen LogP contribution is -2.42. The van der Waals surface area contributed by atoms with Crippen LogP contribution in [-0.4, -0.2) is 26.2 Å². The van der Waals surface area contributed by atoms with Gasteiger partial charge >= 0.3 is 0 Å². The van der Waals surface area contributed by atoms with E-state index in [1.54, 1.807) is 36.9 Å². The third-order valence-corrected chi connectivity index (χ3v) is 4.78. The number of nitriles is 2. The molecular formula is C18H16N6O. The van der Waals surface area contributed by atoms with Gasteiger partial charge in [0, 0.05) is 23.7 Å². The maximum absolute atomic E-state index is 12.7. The van der Waals surface area contributed by atoms with Gasteiger partial charge in [-0.15, -0.1) is 0 Å². The van der Waals surface area contributed by atoms with Crippen LogP contribution in [0.25, 0.3) is 5.82 Å². The molecule has 0 bridgehead atoms. The number of rotatable bonds is 3. The van der Waals surface area contributed by atoms with E-state index in [0.717, 1.165) is 24.1 Å². The SMILES string of the molecule is CC(C)(C#N)NC(=O)c1nn(-c2cc(C#N)ccn2)c2c1C[C@H]1C[C@@H]21. The predicted molar refractivity (Wildman–Crippen MR) is 87.8 cm³/mol. The Morgan fingerprint density at radius 1 is 1.44 bits per heavy atom. The Bertz CT molecular complexity index is 974. The summed E-state index contributed by atoms with van der Waals surface area (Å²) in [4.78, 5) is 17.0. The average molecular weight is 332 g/mol. The second-order valence-electron chi connectivity index (χ2n) is 7.14. The highest BCUT2D eigenvalue weighted by Gasteiger charge is 2.50. The molecule has 2 aliphatic rings. The molecule has 7 nitrogen and oxygen atoms in total. The van der Waals surface area contributed by atoms with Crippen molar-refractivity contribution in [3.8, 4) is 18.0 Å². The number of carbonyl (C=O) groups is 1. The highest BCUT2D eigenvalue weighted by atomic mass is 16.2. The molecule has 2 aliphatic carbocycles. The van der Waals surface area contributed by atoms with Crippen molar-refractivity contribution in [1.29, 1.82) is 10.5 Å². The fraction of sp³-hybridized carbons (Fsp3) is 0.389. The highest BCUT2D eigenvalue weighted by Crippen LogP contribution is 2.57. The van der Waals surface area contributed by atoms with Gasteiger partial charge in [0.15, 0.2) is 11.5 Å². The van der Waals surface area contributed by atoms with Crippen LogP contribution in [0.15, 0.2) is 18.3 Å². The first-order valence-corrected chi connectivity index (χ1v) is 8.15. The molecule has 0 radical (unpaired) electrons. The second kappa shape index (κ2) is 5.15. The summed E-state index contributed by atoms with van der Waals surface area (Å²) in [5, 5.41) is 25.5. The molecule has 2 aromatic rings. The fourth-order valence-corrected chi connectivity index (χ4v) is 3.45. The van der Waals surface area contributed by atoms with Gasteiger partial charge in [0.1, 0.15) is 5.54 Å². The van der Waals surface area contributed by atoms with Crippen molar-refractivity contribution < 1.29 is 4.79 Å². The van der Waals surface area contributed by atoms with Crippen LogP contribution < -0.4 is 5.32 Å². The van der Waals surface area contributed by atoms with Gasteiger partial charge in [0.05, 0.1) is 23.4 Å². The first-order valence-electron chi connectivity index (χ1n) is 8.15. The Morgan fingerprint density at radius 2 is 2.24 bits per heavy atom. The number of pyridine rings is 1. The zero-order valence-electron chi connectivity index (χ0n) is 13.9. The smallest absolute Gasteiger partial charge is 0.273 e. The first-order chi connectivity index (χ1) is 11.9. The number of hydrogen-bond acceptors (Lipinski definition) is 5. The number of nitrogens with zero attached hydrogens (tertiary/aromatic N) is 5. The largest absolute Gasteiger partial charge is 0.333 e. The van der Waals surface area contributed by atoms with E-state index in [4.69, 9.17) is 10.5 Å². The lowest BCUT2D eigenvalue weighted by molar-refractivity contribution is 0.0922. The molecule has 2 heterocycles. The van der Waals surface area contributed by atoms with Gasteiger partial charge < -0.3 is 5.32 Å². The molecule has 1 N–H and O–H groups in total. The standard InChI is InChI=1S/C18H16N6O/c1-18(2,9-20)22-17(25)15-13-7-11-6-12(11)16(13)24(23-15)14-5-10(8-19)3-4-21-14/h3-5,11-12H,6-7H2,1-2H3,(H,22,25)/t11-,12-/m1/s1. The van der Waals surface area contributed by atoms with Crippen LogP contribution in [0.5, 0.6) is 0 Å². The number of fused-ring (bicyclic) bond motifs is 3. The van der Waals surface area contributed by atoms with E-state index in [1.807, 2.05) is 0 Å². The highest BCUT2D eigenvalue weighted by molar-refractivity contribution is 5.95. The summed E-state index contributed by atoms with van der Waals surface area (Å²) < 4.78 is 1.70. The van der Waals surface area contributed by atoms with Gasteiger partial charge in [-0.05, 0) is 38.7 Å². The van der Waals surface area contributed by atoms with Crippen LogP contribution >= 0.6 is 0 Å². The molecule has 4 rings (SSSR count). The fourth-order valence-electron chi connectivity index (χ4n) is 3.45. The molecule has 1 amide bonds. The van der Waals surface area contributed by atoms with Crippen LogP contribution in [0.2, 0.25) is 0 Å². The van der Waals surface area contributed by atoms with Crippen molar-refractivity contribution in [1.82, 2.24) is 20.1 Å². The Balaban J connectivity index is 1.79. The van der Waals surface area contributed by atoms with Crippen molar-refractivity contribution in [2.24, 2.45) is 5.92 Å². The van der Waals surface area contributed by atoms with Crippen LogP contribution in [0.4, 0.5) is 0 Å². The van der Waals surface area contributed by atoms with Crippen LogP contribution in [-0.2, 0) is 6.42 Å². The van der Waals surface area contributed by atoms with Gasteiger partial charge in [-0.25, -0.2) is 9.67 Å². The minimum Gasteiger partial charge on any atom is -0.333 e. The second-order valence-corrected chi connectivity index (χ2v) is 7.14. The zero-order chi connectivity index (χ0) is 17.8. The van der Waals surface area contributed by atoms with E-state index < -0.39 is 5.54 Å². The number of nitrogens with one attached hydrogen (secondary N) is 1. The van der Waals surface area contributed by atoms with Crippen molar-refractivity contribution in [2.45, 2.75) is 38.1 Å². The summed E-state index contributed by atoms with van der Waals surface area (Å²) in [6.45, 7) is 3.30. The zero-order valence-corrected chi connectivity index (χ0v) is 13.9. The van der Waals surface area contributed by atoms with Crippen molar-refractivity contribution in [3.63, 3.8) is 0 Å². The maximum Gasteiger partial charge on any atom is 0.273 e. The average Bonchev–Trinajstić information content (AvgIpc) is 3.10. The van der Waals surface area contributed by atoms with Gasteiger partial charge in [-0.2, -0.15) is 15.6 Å². The molecular weight excluding hydrogens is 316 g/mol. The maximum atomic E-state index is 12.7. The monoisotopic (exact) mass is 332 g/mol. The number of aromatic nitrogens is 3. The third kappa shape index (κ3) is 2.45. The summed E-state index contributed by atoms with van der Waals surface area (Å²) in [5.41, 5.74) is 1.85. The van der Waals surface area contributed by atoms with E-state index in [1.165, 1.54) is 0 Å². The van der Waals surface area contributed by atoms with Gasteiger partial charge in [-0.1, -0.05) is 0 Å². The Hall–Kier alpha value is -3.19. The van der Waals surface area contributed by atoms with Crippen LogP contribution in [0, 0.1) is 28.6 Å². The van der Waals surface area contributed by atoms with Gasteiger partial charge in [-0.3, -0.25) is 4.79 Å². The molecule has 0 unspecified atom stereocenters. The molecule has 25 heavy (non-hydrogen) atoms. The predicted octanol–water partition coefficient (Wildman–Crippen LogP) is 1.83. The Kier molecular flexibility index (Phi) is 3.16. The van der Waals surface area contributed by atoms with Gasteiger partial charge in [0.2, 0.25) is 0 Å². The van der Waals surface area contributed by atoms with Crippen molar-refractivity contribution in [3.05, 3.63) is 40.8 Å². The van der Waals surface area contributed by atoms with E-state index in [9.17, 15) is 4.79 Å². The summed E-state index contributed by atoms with van der Waals surface area (Å²) in [5.74, 6) is 1.16. The van der Waals surface area contributed by atoms with Crippen LogP contribution in [0.1, 0.15) is 53.5 Å². The van der Waals surface area contributed by atoms with Crippen LogP contribution in [0.3, 0.4) is 0 Å². The topological polar surface area (TPSA) is 107 Å². The Morgan fingerprint density at radius 3 is 2.96 bits per heavy atom. The molecule has 1 saturated carbocycles. The third-order valence-electron chi connectivity index (χ3n) is 4.78. The minimum atomic E-state index is -0.964. The summed E-state index contributed by atoms with van der Waals surface area (Å²) in [6.07, 6.45) is 3.49. The molecule has 2 aromatic heterocycles. The lowest BCUT2D eigenvalue weighted by Gasteiger charge is -2.16. The minimum absolute atomic E-state index is 0.348. The van der Waals surface area contributed by atoms with E-state index in [0.29, 0.717) is 28.9 Å². The number of carbonyl (C=O) groups excluding carboxylic acids is 1. The van der Waals surface area contributed by atoms with E-state index in [-0.39, 0.29) is 5.91 Å². The molecule has 0 saturated heterocycles. The summed E-state index contributed by atoms with van der Waals surface area (Å²) in [7, 11) is 0.